The number of nitrogens with one attached hydrogen (secondary N) is 1. The fraction of sp³-hybridized carbons (Fsp3) is 0.111. The third-order valence-corrected chi connectivity index (χ3v) is 3.45. The van der Waals surface area contributed by atoms with Gasteiger partial charge in [-0.3, -0.25) is 4.72 Å². The number of para-hydroxylation sites is 1. The number of anilines is 2. The summed E-state index contributed by atoms with van der Waals surface area (Å²) in [6.45, 7) is 0. The van der Waals surface area contributed by atoms with Crippen LogP contribution in [0.15, 0.2) is 24.3 Å². The van der Waals surface area contributed by atoms with Gasteiger partial charge in [0.05, 0.1) is 6.26 Å². The average Bonchev–Trinajstić information content (AvgIpc) is 2.64. The summed E-state index contributed by atoms with van der Waals surface area (Å²) in [5, 5.41) is 8.44. The summed E-state index contributed by atoms with van der Waals surface area (Å²) in [4.78, 5) is 0. The molecule has 0 radical (unpaired) electrons. The zero-order valence-electron chi connectivity index (χ0n) is 8.91. The van der Waals surface area contributed by atoms with Gasteiger partial charge in [0.1, 0.15) is 0 Å². The van der Waals surface area contributed by atoms with E-state index in [0.717, 1.165) is 23.2 Å². The van der Waals surface area contributed by atoms with Crippen molar-refractivity contribution in [1.29, 1.82) is 0 Å². The van der Waals surface area contributed by atoms with Crippen LogP contribution in [0.1, 0.15) is 0 Å². The van der Waals surface area contributed by atoms with E-state index in [4.69, 9.17) is 5.73 Å². The quantitative estimate of drug-likeness (QED) is 0.815. The molecule has 0 saturated heterocycles. The fourth-order valence-electron chi connectivity index (χ4n) is 1.22. The molecular formula is C9H10N4O2S2. The van der Waals surface area contributed by atoms with E-state index in [1.807, 2.05) is 12.1 Å². The zero-order chi connectivity index (χ0) is 12.5. The van der Waals surface area contributed by atoms with Crippen molar-refractivity contribution in [1.82, 2.24) is 10.2 Å². The molecule has 1 aromatic heterocycles. The third-order valence-electron chi connectivity index (χ3n) is 1.89. The maximum atomic E-state index is 11.0. The maximum absolute atomic E-state index is 11.0. The lowest BCUT2D eigenvalue weighted by molar-refractivity contribution is 0.606. The van der Waals surface area contributed by atoms with Crippen molar-refractivity contribution in [3.05, 3.63) is 24.3 Å². The van der Waals surface area contributed by atoms with Crippen molar-refractivity contribution in [3.63, 3.8) is 0 Å². The summed E-state index contributed by atoms with van der Waals surface area (Å²) < 4.78 is 24.3. The van der Waals surface area contributed by atoms with Gasteiger partial charge in [0.25, 0.3) is 0 Å². The molecule has 2 aromatic rings. The minimum Gasteiger partial charge on any atom is -0.398 e. The number of hydrogen-bond acceptors (Lipinski definition) is 6. The molecule has 0 fully saturated rings. The summed E-state index contributed by atoms with van der Waals surface area (Å²) in [6, 6.07) is 7.20. The zero-order valence-corrected chi connectivity index (χ0v) is 10.5. The molecule has 0 amide bonds. The van der Waals surface area contributed by atoms with Gasteiger partial charge in [0, 0.05) is 11.3 Å². The van der Waals surface area contributed by atoms with Gasteiger partial charge in [-0.1, -0.05) is 23.5 Å². The predicted octanol–water partition coefficient (Wildman–Crippen LogP) is 1.16. The van der Waals surface area contributed by atoms with Crippen LogP contribution in [0.4, 0.5) is 10.8 Å². The fourth-order valence-corrected chi connectivity index (χ4v) is 2.84. The van der Waals surface area contributed by atoms with Gasteiger partial charge >= 0.3 is 0 Å². The molecule has 0 unspecified atom stereocenters. The van der Waals surface area contributed by atoms with Crippen LogP contribution in [-0.4, -0.2) is 24.9 Å². The molecule has 90 valence electrons. The van der Waals surface area contributed by atoms with Crippen molar-refractivity contribution in [2.75, 3.05) is 16.7 Å². The van der Waals surface area contributed by atoms with E-state index in [9.17, 15) is 8.42 Å². The number of rotatable bonds is 3. The van der Waals surface area contributed by atoms with Gasteiger partial charge in [-0.15, -0.1) is 10.2 Å². The first kappa shape index (κ1) is 11.8. The first-order valence-corrected chi connectivity index (χ1v) is 7.33. The molecule has 2 rings (SSSR count). The Kier molecular flexibility index (Phi) is 2.99. The van der Waals surface area contributed by atoms with E-state index in [1.54, 1.807) is 12.1 Å². The molecule has 0 atom stereocenters. The highest BCUT2D eigenvalue weighted by atomic mass is 32.2. The van der Waals surface area contributed by atoms with Crippen LogP contribution >= 0.6 is 11.3 Å². The summed E-state index contributed by atoms with van der Waals surface area (Å²) in [5.41, 5.74) is 7.11. The SMILES string of the molecule is CS(=O)(=O)Nc1nnc(-c2ccccc2N)s1. The first-order chi connectivity index (χ1) is 7.96. The third kappa shape index (κ3) is 2.92. The van der Waals surface area contributed by atoms with Crippen LogP contribution in [0.25, 0.3) is 10.6 Å². The first-order valence-electron chi connectivity index (χ1n) is 4.62. The number of nitrogens with zero attached hydrogens (tertiary/aromatic N) is 2. The molecule has 0 saturated carbocycles. The Balaban J connectivity index is 2.34. The van der Waals surface area contributed by atoms with Gasteiger partial charge < -0.3 is 5.73 Å². The molecular weight excluding hydrogens is 260 g/mol. The Morgan fingerprint density at radius 3 is 2.65 bits per heavy atom. The van der Waals surface area contributed by atoms with E-state index in [0.29, 0.717) is 10.7 Å². The Bertz CT molecular complexity index is 636. The number of sulfonamides is 1. The van der Waals surface area contributed by atoms with Gasteiger partial charge in [0.15, 0.2) is 5.01 Å². The lowest BCUT2D eigenvalue weighted by Crippen LogP contribution is -2.08. The molecule has 0 bridgehead atoms. The highest BCUT2D eigenvalue weighted by Gasteiger charge is 2.11. The Hall–Kier alpha value is -1.67. The van der Waals surface area contributed by atoms with Crippen molar-refractivity contribution in [2.24, 2.45) is 0 Å². The molecule has 0 spiro atoms. The predicted molar refractivity (Wildman–Crippen MR) is 68.2 cm³/mol. The number of aromatic nitrogens is 2. The van der Waals surface area contributed by atoms with Crippen molar-refractivity contribution in [3.8, 4) is 10.6 Å². The topological polar surface area (TPSA) is 98.0 Å². The average molecular weight is 270 g/mol. The summed E-state index contributed by atoms with van der Waals surface area (Å²) in [6.07, 6.45) is 1.06. The second-order valence-corrected chi connectivity index (χ2v) is 6.10. The molecule has 0 aliphatic carbocycles. The Morgan fingerprint density at radius 1 is 1.29 bits per heavy atom. The van der Waals surface area contributed by atoms with Crippen molar-refractivity contribution in [2.45, 2.75) is 0 Å². The number of nitrogen functional groups attached to an aromatic ring is 1. The van der Waals surface area contributed by atoms with Crippen LogP contribution in [-0.2, 0) is 10.0 Å². The van der Waals surface area contributed by atoms with Gasteiger partial charge in [-0.2, -0.15) is 0 Å². The second kappa shape index (κ2) is 4.30. The monoisotopic (exact) mass is 270 g/mol. The lowest BCUT2D eigenvalue weighted by Gasteiger charge is -1.99. The second-order valence-electron chi connectivity index (χ2n) is 3.37. The molecule has 17 heavy (non-hydrogen) atoms. The minimum atomic E-state index is -3.33. The van der Waals surface area contributed by atoms with Crippen LogP contribution < -0.4 is 10.5 Å². The highest BCUT2D eigenvalue weighted by Crippen LogP contribution is 2.30. The Labute approximate surface area is 103 Å². The van der Waals surface area contributed by atoms with Crippen molar-refractivity contribution < 1.29 is 8.42 Å². The maximum Gasteiger partial charge on any atom is 0.231 e. The number of benzene rings is 1. The van der Waals surface area contributed by atoms with Gasteiger partial charge in [-0.05, 0) is 12.1 Å². The van der Waals surface area contributed by atoms with Crippen LogP contribution in [0.3, 0.4) is 0 Å². The van der Waals surface area contributed by atoms with E-state index in [-0.39, 0.29) is 5.13 Å². The molecule has 1 aromatic carbocycles. The summed E-state index contributed by atoms with van der Waals surface area (Å²) in [7, 11) is -3.33. The Morgan fingerprint density at radius 2 is 2.00 bits per heavy atom. The minimum absolute atomic E-state index is 0.228. The van der Waals surface area contributed by atoms with Crippen LogP contribution in [0, 0.1) is 0 Å². The van der Waals surface area contributed by atoms with Gasteiger partial charge in [0.2, 0.25) is 15.2 Å². The van der Waals surface area contributed by atoms with E-state index in [2.05, 4.69) is 14.9 Å². The van der Waals surface area contributed by atoms with E-state index >= 15 is 0 Å². The lowest BCUT2D eigenvalue weighted by atomic mass is 10.2. The molecule has 3 N–H and O–H groups in total. The molecule has 8 heteroatoms. The smallest absolute Gasteiger partial charge is 0.231 e. The molecule has 1 heterocycles. The van der Waals surface area contributed by atoms with E-state index < -0.39 is 10.0 Å². The summed E-state index contributed by atoms with van der Waals surface area (Å²) in [5.74, 6) is 0. The van der Waals surface area contributed by atoms with E-state index in [1.165, 1.54) is 0 Å². The molecule has 0 aliphatic rings. The van der Waals surface area contributed by atoms with Gasteiger partial charge in [-0.25, -0.2) is 8.42 Å². The molecule has 0 aliphatic heterocycles. The molecule has 6 nitrogen and oxygen atoms in total. The largest absolute Gasteiger partial charge is 0.398 e. The normalized spacial score (nSPS) is 11.4. The number of hydrogen-bond donors (Lipinski definition) is 2. The van der Waals surface area contributed by atoms with Crippen molar-refractivity contribution >= 4 is 32.2 Å². The standard InChI is InChI=1S/C9H10N4O2S2/c1-17(14,15)13-9-12-11-8(16-9)6-4-2-3-5-7(6)10/h2-5H,10H2,1H3,(H,12,13). The van der Waals surface area contributed by atoms with Crippen LogP contribution in [0.2, 0.25) is 0 Å². The highest BCUT2D eigenvalue weighted by molar-refractivity contribution is 7.92. The van der Waals surface area contributed by atoms with Crippen LogP contribution in [0.5, 0.6) is 0 Å². The number of nitrogens with two attached hydrogens (primary N) is 1. The summed E-state index contributed by atoms with van der Waals surface area (Å²) >= 11 is 1.13.